The molecule has 0 aliphatic carbocycles. The first-order valence-corrected chi connectivity index (χ1v) is 9.43. The molecule has 0 spiro atoms. The third-order valence-corrected chi connectivity index (χ3v) is 5.05. The molecule has 0 unspecified atom stereocenters. The number of carbonyl (C=O) groups is 1. The van der Waals surface area contributed by atoms with Crippen molar-refractivity contribution in [3.63, 3.8) is 0 Å². The molecule has 2 aromatic carbocycles. The van der Waals surface area contributed by atoms with Gasteiger partial charge in [0.05, 0.1) is 10.5 Å². The second-order valence-electron chi connectivity index (χ2n) is 6.04. The van der Waals surface area contributed by atoms with Gasteiger partial charge in [0.1, 0.15) is 5.69 Å². The number of sulfonamides is 1. The SMILES string of the molecule is Cc1cc(NC(=O)c2nccc3c(S(N)(=O)=O)cccc23)ccc1C(F)(F)F. The lowest BCUT2D eigenvalue weighted by molar-refractivity contribution is -0.138. The lowest BCUT2D eigenvalue weighted by Crippen LogP contribution is -2.16. The van der Waals surface area contributed by atoms with Crippen LogP contribution in [0, 0.1) is 6.92 Å². The summed E-state index contributed by atoms with van der Waals surface area (Å²) in [6, 6.07) is 8.84. The Hall–Kier alpha value is -2.98. The highest BCUT2D eigenvalue weighted by atomic mass is 32.2. The van der Waals surface area contributed by atoms with Crippen LogP contribution in [-0.2, 0) is 16.2 Å². The number of nitrogens with two attached hydrogens (primary N) is 1. The number of halogens is 3. The van der Waals surface area contributed by atoms with Gasteiger partial charge in [-0.2, -0.15) is 13.2 Å². The van der Waals surface area contributed by atoms with Gasteiger partial charge in [0, 0.05) is 22.7 Å². The van der Waals surface area contributed by atoms with Crippen LogP contribution in [-0.4, -0.2) is 19.3 Å². The first-order valence-electron chi connectivity index (χ1n) is 7.88. The topological polar surface area (TPSA) is 102 Å². The predicted molar refractivity (Wildman–Crippen MR) is 97.3 cm³/mol. The van der Waals surface area contributed by atoms with Gasteiger partial charge in [-0.3, -0.25) is 9.78 Å². The van der Waals surface area contributed by atoms with Crippen LogP contribution in [0.4, 0.5) is 18.9 Å². The molecule has 3 N–H and O–H groups in total. The fourth-order valence-electron chi connectivity index (χ4n) is 2.86. The van der Waals surface area contributed by atoms with E-state index < -0.39 is 27.7 Å². The minimum absolute atomic E-state index is 0.0484. The van der Waals surface area contributed by atoms with Gasteiger partial charge in [-0.05, 0) is 42.8 Å². The number of hydrogen-bond acceptors (Lipinski definition) is 4. The third-order valence-electron chi connectivity index (χ3n) is 4.08. The Balaban J connectivity index is 2.00. The molecule has 146 valence electrons. The molecule has 0 aliphatic heterocycles. The van der Waals surface area contributed by atoms with Crippen LogP contribution in [0.25, 0.3) is 10.8 Å². The van der Waals surface area contributed by atoms with Gasteiger partial charge < -0.3 is 5.32 Å². The van der Waals surface area contributed by atoms with E-state index in [1.807, 2.05) is 0 Å². The number of rotatable bonds is 3. The van der Waals surface area contributed by atoms with Gasteiger partial charge >= 0.3 is 6.18 Å². The molecule has 0 atom stereocenters. The van der Waals surface area contributed by atoms with Crippen molar-refractivity contribution in [3.05, 3.63) is 65.5 Å². The van der Waals surface area contributed by atoms with E-state index in [2.05, 4.69) is 10.3 Å². The van der Waals surface area contributed by atoms with Gasteiger partial charge in [0.2, 0.25) is 10.0 Å². The van der Waals surface area contributed by atoms with Gasteiger partial charge in [-0.15, -0.1) is 0 Å². The van der Waals surface area contributed by atoms with Crippen molar-refractivity contribution in [2.24, 2.45) is 5.14 Å². The van der Waals surface area contributed by atoms with Crippen LogP contribution in [0.1, 0.15) is 21.6 Å². The van der Waals surface area contributed by atoms with E-state index in [0.717, 1.165) is 12.1 Å². The molecule has 1 aromatic heterocycles. The van der Waals surface area contributed by atoms with Gasteiger partial charge in [-0.1, -0.05) is 12.1 Å². The third kappa shape index (κ3) is 3.82. The Morgan fingerprint density at radius 3 is 2.43 bits per heavy atom. The molecule has 6 nitrogen and oxygen atoms in total. The van der Waals surface area contributed by atoms with Crippen molar-refractivity contribution in [1.29, 1.82) is 0 Å². The fourth-order valence-corrected chi connectivity index (χ4v) is 3.61. The molecule has 10 heteroatoms. The average molecular weight is 409 g/mol. The zero-order valence-corrected chi connectivity index (χ0v) is 15.2. The second-order valence-corrected chi connectivity index (χ2v) is 7.57. The number of nitrogens with zero attached hydrogens (tertiary/aromatic N) is 1. The maximum atomic E-state index is 12.9. The highest BCUT2D eigenvalue weighted by Gasteiger charge is 2.32. The average Bonchev–Trinajstić information content (AvgIpc) is 2.58. The summed E-state index contributed by atoms with van der Waals surface area (Å²) < 4.78 is 62.0. The highest BCUT2D eigenvalue weighted by molar-refractivity contribution is 7.89. The van der Waals surface area contributed by atoms with Crippen molar-refractivity contribution < 1.29 is 26.4 Å². The van der Waals surface area contributed by atoms with E-state index >= 15 is 0 Å². The fraction of sp³-hybridized carbons (Fsp3) is 0.111. The highest BCUT2D eigenvalue weighted by Crippen LogP contribution is 2.33. The number of aryl methyl sites for hydroxylation is 1. The molecule has 3 aromatic rings. The van der Waals surface area contributed by atoms with Crippen LogP contribution in [0.5, 0.6) is 0 Å². The molecule has 0 saturated heterocycles. The van der Waals surface area contributed by atoms with Crippen LogP contribution in [0.2, 0.25) is 0 Å². The van der Waals surface area contributed by atoms with Crippen molar-refractivity contribution in [1.82, 2.24) is 4.98 Å². The minimum atomic E-state index is -4.49. The monoisotopic (exact) mass is 409 g/mol. The maximum absolute atomic E-state index is 12.9. The minimum Gasteiger partial charge on any atom is -0.321 e. The quantitative estimate of drug-likeness (QED) is 0.692. The first kappa shape index (κ1) is 19.8. The summed E-state index contributed by atoms with van der Waals surface area (Å²) in [6.07, 6.45) is -3.24. The number of anilines is 1. The van der Waals surface area contributed by atoms with Crippen LogP contribution in [0.15, 0.2) is 53.6 Å². The van der Waals surface area contributed by atoms with Crippen molar-refractivity contribution >= 4 is 32.4 Å². The number of benzene rings is 2. The normalized spacial score (nSPS) is 12.2. The molecule has 0 saturated carbocycles. The van der Waals surface area contributed by atoms with Gasteiger partial charge in [0.15, 0.2) is 0 Å². The second kappa shape index (κ2) is 6.88. The number of hydrogen-bond donors (Lipinski definition) is 2. The molecule has 1 amide bonds. The van der Waals surface area contributed by atoms with Crippen molar-refractivity contribution in [2.45, 2.75) is 18.0 Å². The van der Waals surface area contributed by atoms with E-state index in [1.165, 1.54) is 43.5 Å². The maximum Gasteiger partial charge on any atom is 0.416 e. The van der Waals surface area contributed by atoms with Gasteiger partial charge in [0.25, 0.3) is 5.91 Å². The predicted octanol–water partition coefficient (Wildman–Crippen LogP) is 3.46. The molecule has 28 heavy (non-hydrogen) atoms. The van der Waals surface area contributed by atoms with E-state index in [0.29, 0.717) is 0 Å². The Morgan fingerprint density at radius 2 is 1.82 bits per heavy atom. The Kier molecular flexibility index (Phi) is 4.86. The number of primary sulfonamides is 1. The Bertz CT molecular complexity index is 1190. The first-order chi connectivity index (χ1) is 13.0. The van der Waals surface area contributed by atoms with Crippen molar-refractivity contribution in [3.8, 4) is 0 Å². The molecule has 1 heterocycles. The number of pyridine rings is 1. The molecule has 0 aliphatic rings. The number of amides is 1. The van der Waals surface area contributed by atoms with E-state index in [-0.39, 0.29) is 32.6 Å². The number of aromatic nitrogens is 1. The largest absolute Gasteiger partial charge is 0.416 e. The number of nitrogens with one attached hydrogen (secondary N) is 1. The lowest BCUT2D eigenvalue weighted by Gasteiger charge is -2.13. The standard InChI is InChI=1S/C18H14F3N3O3S/c1-10-9-11(5-6-14(10)18(19,20)21)24-17(25)16-13-3-2-4-15(28(22,26)27)12(13)7-8-23-16/h2-9H,1H3,(H,24,25)(H2,22,26,27). The summed E-state index contributed by atoms with van der Waals surface area (Å²) >= 11 is 0. The van der Waals surface area contributed by atoms with Crippen molar-refractivity contribution in [2.75, 3.05) is 5.32 Å². The van der Waals surface area contributed by atoms with Crippen LogP contribution in [0.3, 0.4) is 0 Å². The Morgan fingerprint density at radius 1 is 1.11 bits per heavy atom. The molecule has 0 radical (unpaired) electrons. The summed E-state index contributed by atoms with van der Waals surface area (Å²) in [5.41, 5.74) is -0.781. The van der Waals surface area contributed by atoms with E-state index in [4.69, 9.17) is 5.14 Å². The summed E-state index contributed by atoms with van der Waals surface area (Å²) in [5.74, 6) is -0.698. The van der Waals surface area contributed by atoms with Crippen LogP contribution >= 0.6 is 0 Å². The van der Waals surface area contributed by atoms with E-state index in [1.54, 1.807) is 0 Å². The zero-order valence-electron chi connectivity index (χ0n) is 14.4. The molecule has 0 bridgehead atoms. The van der Waals surface area contributed by atoms with Gasteiger partial charge in [-0.25, -0.2) is 13.6 Å². The molecular weight excluding hydrogens is 395 g/mol. The molecule has 0 fully saturated rings. The molecular formula is C18H14F3N3O3S. The summed E-state index contributed by atoms with van der Waals surface area (Å²) in [7, 11) is -4.02. The zero-order chi connectivity index (χ0) is 20.7. The summed E-state index contributed by atoms with van der Waals surface area (Å²) in [4.78, 5) is 16.4. The number of fused-ring (bicyclic) bond motifs is 1. The smallest absolute Gasteiger partial charge is 0.321 e. The van der Waals surface area contributed by atoms with E-state index in [9.17, 15) is 26.4 Å². The number of alkyl halides is 3. The lowest BCUT2D eigenvalue weighted by atomic mass is 10.1. The summed E-state index contributed by atoms with van der Waals surface area (Å²) in [6.45, 7) is 1.28. The molecule has 3 rings (SSSR count). The number of carbonyl (C=O) groups excluding carboxylic acids is 1. The Labute approximate surface area is 158 Å². The van der Waals surface area contributed by atoms with Crippen LogP contribution < -0.4 is 10.5 Å². The summed E-state index contributed by atoms with van der Waals surface area (Å²) in [5, 5.41) is 8.14.